The van der Waals surface area contributed by atoms with E-state index in [1.54, 1.807) is 33.0 Å². The van der Waals surface area contributed by atoms with E-state index in [1.165, 1.54) is 0 Å². The maximum atomic E-state index is 12.4. The van der Waals surface area contributed by atoms with Crippen LogP contribution in [0.1, 0.15) is 27.2 Å². The summed E-state index contributed by atoms with van der Waals surface area (Å²) in [6.45, 7) is 5.19. The fraction of sp³-hybridized carbons (Fsp3) is 0.500. The van der Waals surface area contributed by atoms with E-state index in [9.17, 15) is 9.59 Å². The van der Waals surface area contributed by atoms with Gasteiger partial charge in [0.05, 0.1) is 5.92 Å². The summed E-state index contributed by atoms with van der Waals surface area (Å²) >= 11 is 3.32. The van der Waals surface area contributed by atoms with Crippen LogP contribution in [0.2, 0.25) is 0 Å². The number of anilines is 1. The zero-order chi connectivity index (χ0) is 16.5. The number of primary amides is 1. The van der Waals surface area contributed by atoms with Crippen molar-refractivity contribution in [1.29, 1.82) is 0 Å². The number of fused-ring (bicyclic) bond motifs is 1. The molecule has 0 radical (unpaired) electrons. The minimum absolute atomic E-state index is 0.234. The Hall–Kier alpha value is -1.83. The first-order valence-electron chi connectivity index (χ1n) is 6.79. The summed E-state index contributed by atoms with van der Waals surface area (Å²) in [5.41, 5.74) is 4.18. The van der Waals surface area contributed by atoms with Crippen molar-refractivity contribution in [2.75, 3.05) is 5.32 Å². The number of hydrogen-bond acceptors (Lipinski definition) is 5. The number of nitrogens with two attached hydrogens (primary N) is 1. The van der Waals surface area contributed by atoms with Gasteiger partial charge < -0.3 is 20.5 Å². The number of carbonyl (C=O) groups is 2. The molecule has 2 rings (SSSR count). The molecule has 2 atom stereocenters. The molecule has 0 unspecified atom stereocenters. The first-order chi connectivity index (χ1) is 10.2. The van der Waals surface area contributed by atoms with Crippen molar-refractivity contribution in [2.45, 2.75) is 38.9 Å². The van der Waals surface area contributed by atoms with E-state index < -0.39 is 23.7 Å². The van der Waals surface area contributed by atoms with Crippen LogP contribution in [0.3, 0.4) is 0 Å². The molecule has 2 heterocycles. The topological polar surface area (TPSA) is 104 Å². The molecule has 2 amide bonds. The number of nitrogens with one attached hydrogen (secondary N) is 1. The van der Waals surface area contributed by atoms with Gasteiger partial charge in [0, 0.05) is 17.1 Å². The Kier molecular flexibility index (Phi) is 4.60. The van der Waals surface area contributed by atoms with Gasteiger partial charge in [-0.05, 0) is 42.8 Å². The van der Waals surface area contributed by atoms with Crippen molar-refractivity contribution in [2.24, 2.45) is 11.7 Å². The zero-order valence-electron chi connectivity index (χ0n) is 12.6. The standard InChI is InChI=1S/C14H18BrN3O4/c1-7-9(5-14(2,3)22-13(16)20)12(19)18-11-10(21-7)4-8(15)6-17-11/h4,6-7,9H,5H2,1-3H3,(H2,16,20)(H,17,18,19)/t7-,9+/m1/s1. The highest BCUT2D eigenvalue weighted by molar-refractivity contribution is 9.10. The van der Waals surface area contributed by atoms with E-state index >= 15 is 0 Å². The lowest BCUT2D eigenvalue weighted by molar-refractivity contribution is -0.124. The highest BCUT2D eigenvalue weighted by Crippen LogP contribution is 2.34. The summed E-state index contributed by atoms with van der Waals surface area (Å²) in [6.07, 6.45) is 0.570. The quantitative estimate of drug-likeness (QED) is 0.848. The second kappa shape index (κ2) is 6.12. The van der Waals surface area contributed by atoms with Crippen LogP contribution in [0.4, 0.5) is 10.6 Å². The Morgan fingerprint density at radius 3 is 2.91 bits per heavy atom. The maximum Gasteiger partial charge on any atom is 0.405 e. The SMILES string of the molecule is C[C@H]1Oc2cc(Br)cnc2NC(=O)[C@H]1CC(C)(C)OC(N)=O. The smallest absolute Gasteiger partial charge is 0.405 e. The molecule has 0 saturated carbocycles. The van der Waals surface area contributed by atoms with Crippen LogP contribution >= 0.6 is 15.9 Å². The number of carbonyl (C=O) groups excluding carboxylic acids is 2. The van der Waals surface area contributed by atoms with Gasteiger partial charge in [0.15, 0.2) is 11.6 Å². The average molecular weight is 372 g/mol. The summed E-state index contributed by atoms with van der Waals surface area (Å²) < 4.78 is 11.6. The Morgan fingerprint density at radius 2 is 2.27 bits per heavy atom. The lowest BCUT2D eigenvalue weighted by Gasteiger charge is -2.29. The van der Waals surface area contributed by atoms with Gasteiger partial charge in [0.25, 0.3) is 0 Å². The van der Waals surface area contributed by atoms with Gasteiger partial charge in [-0.2, -0.15) is 0 Å². The minimum Gasteiger partial charge on any atom is -0.486 e. The van der Waals surface area contributed by atoms with Crippen LogP contribution in [0.15, 0.2) is 16.7 Å². The number of hydrogen-bond donors (Lipinski definition) is 2. The van der Waals surface area contributed by atoms with Crippen molar-refractivity contribution in [3.63, 3.8) is 0 Å². The first kappa shape index (κ1) is 16.5. The van der Waals surface area contributed by atoms with E-state index in [0.29, 0.717) is 11.6 Å². The molecule has 0 aliphatic carbocycles. The van der Waals surface area contributed by atoms with Gasteiger partial charge in [0.2, 0.25) is 5.91 Å². The third-order valence-electron chi connectivity index (χ3n) is 3.37. The van der Waals surface area contributed by atoms with Crippen LogP contribution in [0, 0.1) is 5.92 Å². The molecule has 1 aliphatic heterocycles. The number of nitrogens with zero attached hydrogens (tertiary/aromatic N) is 1. The molecule has 22 heavy (non-hydrogen) atoms. The van der Waals surface area contributed by atoms with Crippen LogP contribution in [0.5, 0.6) is 5.75 Å². The molecule has 0 bridgehead atoms. The van der Waals surface area contributed by atoms with Crippen molar-refractivity contribution < 1.29 is 19.1 Å². The lowest BCUT2D eigenvalue weighted by atomic mass is 9.89. The number of ether oxygens (including phenoxy) is 2. The van der Waals surface area contributed by atoms with Crippen molar-refractivity contribution in [3.05, 3.63) is 16.7 Å². The molecule has 1 aliphatic rings. The maximum absolute atomic E-state index is 12.4. The molecule has 0 aromatic carbocycles. The Morgan fingerprint density at radius 1 is 1.59 bits per heavy atom. The second-order valence-electron chi connectivity index (χ2n) is 5.80. The highest BCUT2D eigenvalue weighted by Gasteiger charge is 2.37. The van der Waals surface area contributed by atoms with Gasteiger partial charge in [0.1, 0.15) is 11.7 Å². The van der Waals surface area contributed by atoms with E-state index in [4.69, 9.17) is 15.2 Å². The average Bonchev–Trinajstić information content (AvgIpc) is 2.47. The van der Waals surface area contributed by atoms with E-state index in [-0.39, 0.29) is 12.3 Å². The molecular formula is C14H18BrN3O4. The minimum atomic E-state index is -0.879. The number of aromatic nitrogens is 1. The van der Waals surface area contributed by atoms with Crippen molar-refractivity contribution >= 4 is 33.7 Å². The first-order valence-corrected chi connectivity index (χ1v) is 7.59. The Bertz CT molecular complexity index is 606. The van der Waals surface area contributed by atoms with Crippen molar-refractivity contribution in [3.8, 4) is 5.75 Å². The molecule has 3 N–H and O–H groups in total. The lowest BCUT2D eigenvalue weighted by Crippen LogP contribution is -2.41. The largest absolute Gasteiger partial charge is 0.486 e. The van der Waals surface area contributed by atoms with Crippen LogP contribution in [-0.4, -0.2) is 28.7 Å². The van der Waals surface area contributed by atoms with Crippen molar-refractivity contribution in [1.82, 2.24) is 4.98 Å². The summed E-state index contributed by atoms with van der Waals surface area (Å²) in [5, 5.41) is 2.74. The fourth-order valence-corrected chi connectivity index (χ4v) is 2.72. The van der Waals surface area contributed by atoms with E-state index in [2.05, 4.69) is 26.2 Å². The number of halogens is 1. The predicted molar refractivity (Wildman–Crippen MR) is 83.5 cm³/mol. The molecule has 0 saturated heterocycles. The van der Waals surface area contributed by atoms with Gasteiger partial charge in [-0.3, -0.25) is 4.79 Å². The summed E-state index contributed by atoms with van der Waals surface area (Å²) in [4.78, 5) is 27.5. The monoisotopic (exact) mass is 371 g/mol. The zero-order valence-corrected chi connectivity index (χ0v) is 14.1. The Balaban J connectivity index is 2.21. The molecular weight excluding hydrogens is 354 g/mol. The highest BCUT2D eigenvalue weighted by atomic mass is 79.9. The molecule has 1 aromatic heterocycles. The molecule has 1 aromatic rings. The van der Waals surface area contributed by atoms with E-state index in [0.717, 1.165) is 4.47 Å². The third-order valence-corrected chi connectivity index (χ3v) is 3.80. The predicted octanol–water partition coefficient (Wildman–Crippen LogP) is 2.44. The number of rotatable bonds is 3. The van der Waals surface area contributed by atoms with Gasteiger partial charge in [-0.1, -0.05) is 0 Å². The number of amides is 2. The normalized spacial score (nSPS) is 21.2. The van der Waals surface area contributed by atoms with Crippen LogP contribution in [0.25, 0.3) is 0 Å². The fourth-order valence-electron chi connectivity index (χ4n) is 2.41. The van der Waals surface area contributed by atoms with Crippen LogP contribution in [-0.2, 0) is 9.53 Å². The summed E-state index contributed by atoms with van der Waals surface area (Å²) in [7, 11) is 0. The van der Waals surface area contributed by atoms with Gasteiger partial charge in [-0.25, -0.2) is 9.78 Å². The molecule has 0 spiro atoms. The summed E-state index contributed by atoms with van der Waals surface area (Å²) in [5.74, 6) is 0.118. The van der Waals surface area contributed by atoms with Gasteiger partial charge >= 0.3 is 6.09 Å². The summed E-state index contributed by atoms with van der Waals surface area (Å²) in [6, 6.07) is 1.74. The number of pyridine rings is 1. The molecule has 120 valence electrons. The Labute approximate surface area is 136 Å². The third kappa shape index (κ3) is 3.88. The van der Waals surface area contributed by atoms with Crippen LogP contribution < -0.4 is 15.8 Å². The molecule has 8 heteroatoms. The molecule has 7 nitrogen and oxygen atoms in total. The van der Waals surface area contributed by atoms with Gasteiger partial charge in [-0.15, -0.1) is 0 Å². The molecule has 0 fully saturated rings. The second-order valence-corrected chi connectivity index (χ2v) is 6.72. The van der Waals surface area contributed by atoms with E-state index in [1.807, 2.05) is 0 Å².